The largest absolute Gasteiger partial charge is 0.461 e. The van der Waals surface area contributed by atoms with Gasteiger partial charge in [-0.2, -0.15) is 0 Å². The van der Waals surface area contributed by atoms with Crippen molar-refractivity contribution >= 4 is 12.1 Å². The maximum absolute atomic E-state index is 12.9. The average Bonchev–Trinajstić information content (AvgIpc) is 3.31. The first kappa shape index (κ1) is 26.5. The Morgan fingerprint density at radius 2 is 1.69 bits per heavy atom. The zero-order valence-corrected chi connectivity index (χ0v) is 21.3. The topological polar surface area (TPSA) is 55.8 Å². The predicted molar refractivity (Wildman–Crippen MR) is 139 cm³/mol. The van der Waals surface area contributed by atoms with E-state index in [4.69, 9.17) is 9.47 Å². The maximum Gasteiger partial charge on any atom is 0.410 e. The average molecular weight is 478 g/mol. The molecule has 1 heterocycles. The van der Waals surface area contributed by atoms with Crippen molar-refractivity contribution in [2.45, 2.75) is 77.5 Å². The fourth-order valence-electron chi connectivity index (χ4n) is 4.32. The summed E-state index contributed by atoms with van der Waals surface area (Å²) in [6.07, 6.45) is 9.14. The summed E-state index contributed by atoms with van der Waals surface area (Å²) in [7, 11) is 0. The van der Waals surface area contributed by atoms with Crippen molar-refractivity contribution in [2.75, 3.05) is 6.54 Å². The minimum Gasteiger partial charge on any atom is -0.461 e. The van der Waals surface area contributed by atoms with Crippen LogP contribution in [0, 0.1) is 5.92 Å². The fraction of sp³-hybridized carbons (Fsp3) is 0.467. The van der Waals surface area contributed by atoms with Crippen LogP contribution in [0.5, 0.6) is 0 Å². The molecule has 1 saturated heterocycles. The van der Waals surface area contributed by atoms with E-state index in [-0.39, 0.29) is 24.0 Å². The van der Waals surface area contributed by atoms with Crippen LogP contribution < -0.4 is 0 Å². The van der Waals surface area contributed by atoms with Crippen LogP contribution in [0.15, 0.2) is 72.8 Å². The fourth-order valence-corrected chi connectivity index (χ4v) is 4.32. The quantitative estimate of drug-likeness (QED) is 0.217. The summed E-state index contributed by atoms with van der Waals surface area (Å²) in [5, 5.41) is 0. The predicted octanol–water partition coefficient (Wildman–Crippen LogP) is 6.71. The molecule has 0 radical (unpaired) electrons. The molecule has 5 heteroatoms. The number of nitrogens with zero attached hydrogens (tertiary/aromatic N) is 1. The Balaban J connectivity index is 1.51. The van der Waals surface area contributed by atoms with E-state index in [0.29, 0.717) is 13.0 Å². The molecule has 0 N–H and O–H groups in total. The SMILES string of the molecule is CC(C)(C)OC(=O)N1CCC[C@H]1C=CCCC[C@@H](Cc1ccccc1)C(=O)OCc1ccccc1. The molecule has 0 saturated carbocycles. The molecule has 1 fully saturated rings. The van der Waals surface area contributed by atoms with Gasteiger partial charge in [0.25, 0.3) is 0 Å². The summed E-state index contributed by atoms with van der Waals surface area (Å²) < 4.78 is 11.2. The Bertz CT molecular complexity index is 949. The molecule has 0 aliphatic carbocycles. The van der Waals surface area contributed by atoms with Crippen LogP contribution >= 0.6 is 0 Å². The molecule has 2 aromatic carbocycles. The van der Waals surface area contributed by atoms with Gasteiger partial charge in [0.15, 0.2) is 0 Å². The molecule has 0 bridgehead atoms. The van der Waals surface area contributed by atoms with Crippen molar-refractivity contribution in [1.82, 2.24) is 4.90 Å². The highest BCUT2D eigenvalue weighted by atomic mass is 16.6. The van der Waals surface area contributed by atoms with Crippen molar-refractivity contribution in [3.63, 3.8) is 0 Å². The van der Waals surface area contributed by atoms with Gasteiger partial charge in [0.1, 0.15) is 12.2 Å². The van der Waals surface area contributed by atoms with Crippen LogP contribution in [0.3, 0.4) is 0 Å². The number of esters is 1. The molecule has 2 atom stereocenters. The third-order valence-corrected chi connectivity index (χ3v) is 6.09. The molecule has 0 aromatic heterocycles. The van der Waals surface area contributed by atoms with Gasteiger partial charge in [-0.05, 0) is 70.4 Å². The third-order valence-electron chi connectivity index (χ3n) is 6.09. The smallest absolute Gasteiger partial charge is 0.410 e. The monoisotopic (exact) mass is 477 g/mol. The Kier molecular flexibility index (Phi) is 9.95. The first-order chi connectivity index (χ1) is 16.8. The molecule has 1 aliphatic heterocycles. The normalized spacial score (nSPS) is 16.9. The van der Waals surface area contributed by atoms with Gasteiger partial charge in [-0.15, -0.1) is 0 Å². The number of ether oxygens (including phenoxy) is 2. The Hall–Kier alpha value is -3.08. The molecular formula is C30H39NO4. The van der Waals surface area contributed by atoms with Gasteiger partial charge in [-0.25, -0.2) is 4.79 Å². The van der Waals surface area contributed by atoms with E-state index in [9.17, 15) is 9.59 Å². The van der Waals surface area contributed by atoms with Crippen molar-refractivity contribution in [3.05, 3.63) is 83.9 Å². The number of amides is 1. The van der Waals surface area contributed by atoms with Crippen molar-refractivity contribution in [2.24, 2.45) is 5.92 Å². The van der Waals surface area contributed by atoms with Gasteiger partial charge in [0.05, 0.1) is 12.0 Å². The molecule has 1 aliphatic rings. The highest BCUT2D eigenvalue weighted by Crippen LogP contribution is 2.23. The van der Waals surface area contributed by atoms with E-state index in [2.05, 4.69) is 24.3 Å². The van der Waals surface area contributed by atoms with E-state index in [0.717, 1.165) is 49.8 Å². The lowest BCUT2D eigenvalue weighted by Gasteiger charge is -2.27. The summed E-state index contributed by atoms with van der Waals surface area (Å²) >= 11 is 0. The lowest BCUT2D eigenvalue weighted by atomic mass is 9.94. The summed E-state index contributed by atoms with van der Waals surface area (Å²) in [5.74, 6) is -0.326. The summed E-state index contributed by atoms with van der Waals surface area (Å²) in [6, 6.07) is 20.0. The highest BCUT2D eigenvalue weighted by molar-refractivity contribution is 5.73. The van der Waals surface area contributed by atoms with E-state index in [1.165, 1.54) is 0 Å². The lowest BCUT2D eigenvalue weighted by Crippen LogP contribution is -2.39. The number of rotatable bonds is 10. The van der Waals surface area contributed by atoms with E-state index in [1.54, 1.807) is 0 Å². The molecule has 3 rings (SSSR count). The third kappa shape index (κ3) is 9.23. The Morgan fingerprint density at radius 3 is 2.34 bits per heavy atom. The number of likely N-dealkylation sites (tertiary alicyclic amines) is 1. The van der Waals surface area contributed by atoms with Gasteiger partial charge in [-0.1, -0.05) is 72.8 Å². The second kappa shape index (κ2) is 13.1. The van der Waals surface area contributed by atoms with Crippen molar-refractivity contribution in [3.8, 4) is 0 Å². The number of carbonyl (C=O) groups excluding carboxylic acids is 2. The van der Waals surface area contributed by atoms with Crippen molar-refractivity contribution < 1.29 is 19.1 Å². The van der Waals surface area contributed by atoms with E-state index in [1.807, 2.05) is 74.2 Å². The Morgan fingerprint density at radius 1 is 1.03 bits per heavy atom. The first-order valence-electron chi connectivity index (χ1n) is 12.7. The number of carbonyl (C=O) groups is 2. The Labute approximate surface area is 210 Å². The zero-order chi connectivity index (χ0) is 25.1. The molecule has 2 aromatic rings. The summed E-state index contributed by atoms with van der Waals surface area (Å²) in [5.41, 5.74) is 1.65. The second-order valence-electron chi connectivity index (χ2n) is 10.2. The van der Waals surface area contributed by atoms with Crippen molar-refractivity contribution in [1.29, 1.82) is 0 Å². The number of benzene rings is 2. The molecular weight excluding hydrogens is 438 g/mol. The summed E-state index contributed by atoms with van der Waals surface area (Å²) in [6.45, 7) is 6.71. The number of unbranched alkanes of at least 4 members (excludes halogenated alkanes) is 1. The molecule has 0 unspecified atom stereocenters. The van der Waals surface area contributed by atoms with Crippen LogP contribution in [0.2, 0.25) is 0 Å². The molecule has 1 amide bonds. The van der Waals surface area contributed by atoms with Crippen LogP contribution in [0.25, 0.3) is 0 Å². The number of hydrogen-bond acceptors (Lipinski definition) is 4. The van der Waals surface area contributed by atoms with E-state index >= 15 is 0 Å². The number of allylic oxidation sites excluding steroid dienone is 1. The number of hydrogen-bond donors (Lipinski definition) is 0. The van der Waals surface area contributed by atoms with Gasteiger partial charge in [0.2, 0.25) is 0 Å². The van der Waals surface area contributed by atoms with Gasteiger partial charge < -0.3 is 14.4 Å². The van der Waals surface area contributed by atoms with Crippen LogP contribution in [-0.2, 0) is 27.3 Å². The van der Waals surface area contributed by atoms with Gasteiger partial charge in [0, 0.05) is 6.54 Å². The first-order valence-corrected chi connectivity index (χ1v) is 12.7. The maximum atomic E-state index is 12.9. The van der Waals surface area contributed by atoms with Gasteiger partial charge in [-0.3, -0.25) is 4.79 Å². The van der Waals surface area contributed by atoms with Gasteiger partial charge >= 0.3 is 12.1 Å². The highest BCUT2D eigenvalue weighted by Gasteiger charge is 2.30. The molecule has 188 valence electrons. The molecule has 0 spiro atoms. The van der Waals surface area contributed by atoms with E-state index < -0.39 is 5.60 Å². The van der Waals surface area contributed by atoms with Crippen LogP contribution in [0.4, 0.5) is 4.79 Å². The van der Waals surface area contributed by atoms with Crippen LogP contribution in [0.1, 0.15) is 64.0 Å². The lowest BCUT2D eigenvalue weighted by molar-refractivity contribution is -0.150. The second-order valence-corrected chi connectivity index (χ2v) is 10.2. The van der Waals surface area contributed by atoms with Crippen LogP contribution in [-0.4, -0.2) is 35.2 Å². The molecule has 35 heavy (non-hydrogen) atoms. The zero-order valence-electron chi connectivity index (χ0n) is 21.3. The molecule has 5 nitrogen and oxygen atoms in total. The standard InChI is InChI=1S/C30H39NO4/c1-30(2,3)35-29(33)31-21-13-20-27(31)19-12-6-11-18-26(22-24-14-7-4-8-15-24)28(32)34-23-25-16-9-5-10-17-25/h4-5,7-10,12,14-17,19,26-27H,6,11,13,18,20-23H2,1-3H3/t26-,27+/m0/s1. The summed E-state index contributed by atoms with van der Waals surface area (Å²) in [4.78, 5) is 27.2. The minimum absolute atomic E-state index is 0.0841. The minimum atomic E-state index is -0.489.